The maximum absolute atomic E-state index is 13.0. The van der Waals surface area contributed by atoms with Gasteiger partial charge in [0.2, 0.25) is 5.95 Å². The molecule has 1 aromatic heterocycles. The average Bonchev–Trinajstić information content (AvgIpc) is 2.39. The third kappa shape index (κ3) is 2.02. The number of halogens is 2. The molecule has 0 aliphatic carbocycles. The molecule has 4 N–H and O–H groups in total. The van der Waals surface area contributed by atoms with Crippen LogP contribution >= 0.6 is 11.6 Å². The van der Waals surface area contributed by atoms with Crippen molar-refractivity contribution in [2.75, 3.05) is 11.5 Å². The van der Waals surface area contributed by atoms with Crippen molar-refractivity contribution in [3.8, 4) is 11.1 Å². The first-order chi connectivity index (χ1) is 9.56. The molecule has 3 rings (SSSR count). The lowest BCUT2D eigenvalue weighted by atomic mass is 10.0. The molecule has 0 amide bonds. The summed E-state index contributed by atoms with van der Waals surface area (Å²) in [5.74, 6) is 0.0170. The van der Waals surface area contributed by atoms with Gasteiger partial charge in [-0.3, -0.25) is 0 Å². The summed E-state index contributed by atoms with van der Waals surface area (Å²) in [7, 11) is 0. The predicted molar refractivity (Wildman–Crippen MR) is 78.8 cm³/mol. The molecule has 0 atom stereocenters. The van der Waals surface area contributed by atoms with Crippen molar-refractivity contribution in [1.82, 2.24) is 9.97 Å². The van der Waals surface area contributed by atoms with E-state index in [1.165, 1.54) is 12.1 Å². The summed E-state index contributed by atoms with van der Waals surface area (Å²) in [5, 5.41) is 0.967. The van der Waals surface area contributed by atoms with Crippen LogP contribution in [-0.4, -0.2) is 9.97 Å². The van der Waals surface area contributed by atoms with Crippen molar-refractivity contribution < 1.29 is 4.39 Å². The molecule has 0 bridgehead atoms. The van der Waals surface area contributed by atoms with E-state index in [2.05, 4.69) is 9.97 Å². The number of fused-ring (bicyclic) bond motifs is 1. The van der Waals surface area contributed by atoms with E-state index >= 15 is 0 Å². The molecule has 2 aromatic carbocycles. The number of nitrogen functional groups attached to an aromatic ring is 2. The molecule has 0 fully saturated rings. The second kappa shape index (κ2) is 4.61. The van der Waals surface area contributed by atoms with Crippen molar-refractivity contribution in [3.63, 3.8) is 0 Å². The van der Waals surface area contributed by atoms with Crippen LogP contribution in [0.25, 0.3) is 22.0 Å². The highest BCUT2D eigenvalue weighted by Gasteiger charge is 2.12. The molecule has 1 heterocycles. The molecule has 3 aromatic rings. The lowest BCUT2D eigenvalue weighted by Crippen LogP contribution is -2.01. The Morgan fingerprint density at radius 2 is 1.65 bits per heavy atom. The number of aromatic nitrogens is 2. The van der Waals surface area contributed by atoms with E-state index in [9.17, 15) is 4.39 Å². The Bertz CT molecular complexity index is 802. The fraction of sp³-hybridized carbons (Fsp3) is 0. The summed E-state index contributed by atoms with van der Waals surface area (Å²) in [6, 6.07) is 9.60. The molecular formula is C14H10ClFN4. The molecule has 0 aliphatic rings. The normalized spacial score (nSPS) is 10.9. The minimum atomic E-state index is -0.304. The molecule has 4 nitrogen and oxygen atoms in total. The van der Waals surface area contributed by atoms with Crippen LogP contribution in [0.1, 0.15) is 0 Å². The molecule has 0 aliphatic heterocycles. The lowest BCUT2D eigenvalue weighted by Gasteiger charge is -2.09. The minimum absolute atomic E-state index is 0.0978. The molecule has 0 unspecified atom stereocenters. The van der Waals surface area contributed by atoms with Crippen molar-refractivity contribution in [2.24, 2.45) is 0 Å². The summed E-state index contributed by atoms with van der Waals surface area (Å²) in [4.78, 5) is 8.00. The first-order valence-electron chi connectivity index (χ1n) is 5.83. The SMILES string of the molecule is Nc1nc(N)c2c(Cl)c(-c3ccc(F)cc3)ccc2n1. The number of anilines is 2. The Balaban J connectivity index is 2.28. The van der Waals surface area contributed by atoms with E-state index in [1.807, 2.05) is 0 Å². The Morgan fingerprint density at radius 3 is 2.35 bits per heavy atom. The summed E-state index contributed by atoms with van der Waals surface area (Å²) >= 11 is 6.38. The number of hydrogen-bond donors (Lipinski definition) is 2. The topological polar surface area (TPSA) is 77.8 Å². The zero-order valence-electron chi connectivity index (χ0n) is 10.3. The Morgan fingerprint density at radius 1 is 0.950 bits per heavy atom. The third-order valence-electron chi connectivity index (χ3n) is 3.00. The highest BCUT2D eigenvalue weighted by molar-refractivity contribution is 6.39. The van der Waals surface area contributed by atoms with E-state index in [4.69, 9.17) is 23.1 Å². The fourth-order valence-corrected chi connectivity index (χ4v) is 2.45. The monoisotopic (exact) mass is 288 g/mol. The van der Waals surface area contributed by atoms with E-state index in [1.54, 1.807) is 24.3 Å². The van der Waals surface area contributed by atoms with Crippen LogP contribution < -0.4 is 11.5 Å². The maximum Gasteiger partial charge on any atom is 0.222 e. The Kier molecular flexibility index (Phi) is 2.91. The smallest absolute Gasteiger partial charge is 0.222 e. The van der Waals surface area contributed by atoms with Crippen molar-refractivity contribution in [3.05, 3.63) is 47.2 Å². The summed E-state index contributed by atoms with van der Waals surface area (Å²) in [6.45, 7) is 0. The van der Waals surface area contributed by atoms with E-state index in [0.29, 0.717) is 15.9 Å². The van der Waals surface area contributed by atoms with Crippen LogP contribution in [-0.2, 0) is 0 Å². The quantitative estimate of drug-likeness (QED) is 0.720. The second-order valence-electron chi connectivity index (χ2n) is 4.30. The molecule has 20 heavy (non-hydrogen) atoms. The molecule has 0 saturated heterocycles. The van der Waals surface area contributed by atoms with Crippen molar-refractivity contribution >= 4 is 34.3 Å². The number of benzene rings is 2. The standard InChI is InChI=1S/C14H10ClFN4/c15-12-9(7-1-3-8(16)4-2-7)5-6-10-11(12)13(17)20-14(18)19-10/h1-6H,(H4,17,18,19,20). The van der Waals surface area contributed by atoms with E-state index in [0.717, 1.165) is 11.1 Å². The van der Waals surface area contributed by atoms with Gasteiger partial charge >= 0.3 is 0 Å². The Labute approximate surface area is 119 Å². The van der Waals surface area contributed by atoms with E-state index < -0.39 is 0 Å². The van der Waals surface area contributed by atoms with Gasteiger partial charge in [0.15, 0.2) is 0 Å². The highest BCUT2D eigenvalue weighted by Crippen LogP contribution is 2.36. The number of nitrogens with zero attached hydrogens (tertiary/aromatic N) is 2. The van der Waals surface area contributed by atoms with Gasteiger partial charge in [-0.15, -0.1) is 0 Å². The number of rotatable bonds is 1. The lowest BCUT2D eigenvalue weighted by molar-refractivity contribution is 0.628. The third-order valence-corrected chi connectivity index (χ3v) is 3.39. The van der Waals surface area contributed by atoms with Gasteiger partial charge in [0.1, 0.15) is 11.6 Å². The van der Waals surface area contributed by atoms with E-state index in [-0.39, 0.29) is 17.6 Å². The van der Waals surface area contributed by atoms with Crippen LogP contribution in [0.2, 0.25) is 5.02 Å². The molecule has 0 spiro atoms. The van der Waals surface area contributed by atoms with Gasteiger partial charge in [0.05, 0.1) is 15.9 Å². The molecule has 100 valence electrons. The molecular weight excluding hydrogens is 279 g/mol. The maximum atomic E-state index is 13.0. The van der Waals surface area contributed by atoms with Gasteiger partial charge in [-0.05, 0) is 23.8 Å². The largest absolute Gasteiger partial charge is 0.383 e. The molecule has 0 saturated carbocycles. The van der Waals surface area contributed by atoms with Gasteiger partial charge in [-0.1, -0.05) is 29.8 Å². The zero-order valence-corrected chi connectivity index (χ0v) is 11.0. The second-order valence-corrected chi connectivity index (χ2v) is 4.67. The van der Waals surface area contributed by atoms with Gasteiger partial charge in [0, 0.05) is 5.56 Å². The fourth-order valence-electron chi connectivity index (χ4n) is 2.08. The van der Waals surface area contributed by atoms with Gasteiger partial charge in [-0.25, -0.2) is 9.37 Å². The zero-order chi connectivity index (χ0) is 14.3. The van der Waals surface area contributed by atoms with Gasteiger partial charge in [-0.2, -0.15) is 4.98 Å². The summed E-state index contributed by atoms with van der Waals surface area (Å²) < 4.78 is 13.0. The summed E-state index contributed by atoms with van der Waals surface area (Å²) in [6.07, 6.45) is 0. The molecule has 0 radical (unpaired) electrons. The van der Waals surface area contributed by atoms with Crippen molar-refractivity contribution in [1.29, 1.82) is 0 Å². The highest BCUT2D eigenvalue weighted by atomic mass is 35.5. The first kappa shape index (κ1) is 12.6. The predicted octanol–water partition coefficient (Wildman–Crippen LogP) is 3.25. The van der Waals surface area contributed by atoms with Crippen LogP contribution in [0.4, 0.5) is 16.2 Å². The minimum Gasteiger partial charge on any atom is -0.383 e. The van der Waals surface area contributed by atoms with Crippen molar-refractivity contribution in [2.45, 2.75) is 0 Å². The Hall–Kier alpha value is -2.40. The van der Waals surface area contributed by atoms with Gasteiger partial charge < -0.3 is 11.5 Å². The van der Waals surface area contributed by atoms with Gasteiger partial charge in [0.25, 0.3) is 0 Å². The van der Waals surface area contributed by atoms with Crippen LogP contribution in [0.15, 0.2) is 36.4 Å². The molecule has 6 heteroatoms. The van der Waals surface area contributed by atoms with Crippen LogP contribution in [0.3, 0.4) is 0 Å². The van der Waals surface area contributed by atoms with Crippen LogP contribution in [0, 0.1) is 5.82 Å². The number of hydrogen-bond acceptors (Lipinski definition) is 4. The van der Waals surface area contributed by atoms with Crippen LogP contribution in [0.5, 0.6) is 0 Å². The first-order valence-corrected chi connectivity index (χ1v) is 6.21. The number of nitrogens with two attached hydrogens (primary N) is 2. The average molecular weight is 289 g/mol. The summed E-state index contributed by atoms with van der Waals surface area (Å²) in [5.41, 5.74) is 13.5.